The fourth-order valence-corrected chi connectivity index (χ4v) is 2.50. The van der Waals surface area contributed by atoms with Gasteiger partial charge in [-0.2, -0.15) is 0 Å². The minimum atomic E-state index is -0.212. The zero-order valence-corrected chi connectivity index (χ0v) is 8.88. The van der Waals surface area contributed by atoms with Crippen LogP contribution in [0.5, 0.6) is 0 Å². The van der Waals surface area contributed by atoms with Crippen molar-refractivity contribution < 1.29 is 9.59 Å². The summed E-state index contributed by atoms with van der Waals surface area (Å²) in [7, 11) is 0. The van der Waals surface area contributed by atoms with Crippen molar-refractivity contribution in [3.05, 3.63) is 11.3 Å². The van der Waals surface area contributed by atoms with Crippen LogP contribution in [0.4, 0.5) is 0 Å². The van der Waals surface area contributed by atoms with Crippen molar-refractivity contribution in [3.8, 4) is 0 Å². The van der Waals surface area contributed by atoms with E-state index in [0.29, 0.717) is 25.1 Å². The zero-order chi connectivity index (χ0) is 11.1. The summed E-state index contributed by atoms with van der Waals surface area (Å²) in [4.78, 5) is 27.8. The second-order valence-electron chi connectivity index (χ2n) is 4.33. The Morgan fingerprint density at radius 1 is 1.12 bits per heavy atom. The molecule has 3 aliphatic rings. The Balaban J connectivity index is 1.99. The lowest BCUT2D eigenvalue weighted by atomic mass is 9.84. The maximum absolute atomic E-state index is 11.7. The highest BCUT2D eigenvalue weighted by Crippen LogP contribution is 2.30. The number of hydrogen-bond donors (Lipinski definition) is 2. The number of piperidine rings is 1. The van der Waals surface area contributed by atoms with Crippen molar-refractivity contribution in [1.82, 2.24) is 10.6 Å². The van der Waals surface area contributed by atoms with Crippen LogP contribution < -0.4 is 10.6 Å². The van der Waals surface area contributed by atoms with Crippen LogP contribution in [0.15, 0.2) is 16.3 Å². The summed E-state index contributed by atoms with van der Waals surface area (Å²) in [5.74, 6) is -0.256. The molecule has 0 aromatic heterocycles. The maximum atomic E-state index is 11.7. The molecule has 1 unspecified atom stereocenters. The summed E-state index contributed by atoms with van der Waals surface area (Å²) in [6, 6.07) is 0. The molecule has 0 aliphatic carbocycles. The van der Waals surface area contributed by atoms with Crippen molar-refractivity contribution in [1.29, 1.82) is 0 Å². The van der Waals surface area contributed by atoms with Gasteiger partial charge in [0, 0.05) is 37.2 Å². The lowest BCUT2D eigenvalue weighted by molar-refractivity contribution is -0.123. The summed E-state index contributed by atoms with van der Waals surface area (Å²) in [5.41, 5.74) is 2.55. The zero-order valence-electron chi connectivity index (χ0n) is 8.88. The number of fused-ring (bicyclic) bond motifs is 1. The molecule has 16 heavy (non-hydrogen) atoms. The monoisotopic (exact) mass is 219 g/mol. The van der Waals surface area contributed by atoms with Gasteiger partial charge in [-0.1, -0.05) is 0 Å². The molecule has 3 heterocycles. The first kappa shape index (κ1) is 9.57. The average molecular weight is 219 g/mol. The summed E-state index contributed by atoms with van der Waals surface area (Å²) in [6.07, 6.45) is 2.12. The second kappa shape index (κ2) is 3.43. The number of amides is 2. The second-order valence-corrected chi connectivity index (χ2v) is 4.33. The van der Waals surface area contributed by atoms with Gasteiger partial charge in [0.2, 0.25) is 11.8 Å². The normalized spacial score (nSPS) is 28.8. The predicted octanol–water partition coefficient (Wildman–Crippen LogP) is -0.259. The first-order valence-electron chi connectivity index (χ1n) is 5.61. The Morgan fingerprint density at radius 2 is 1.94 bits per heavy atom. The first-order valence-corrected chi connectivity index (χ1v) is 5.61. The SMILES string of the molecule is O=C1NCCC2=C1CC1C(=O)NCCC1=N2. The van der Waals surface area contributed by atoms with Crippen LogP contribution in [0.25, 0.3) is 0 Å². The summed E-state index contributed by atoms with van der Waals surface area (Å²) >= 11 is 0. The van der Waals surface area contributed by atoms with Gasteiger partial charge in [0.1, 0.15) is 0 Å². The molecule has 3 aliphatic heterocycles. The maximum Gasteiger partial charge on any atom is 0.249 e. The Bertz CT molecular complexity index is 437. The molecule has 5 heteroatoms. The van der Waals surface area contributed by atoms with Crippen LogP contribution in [0.3, 0.4) is 0 Å². The number of carbonyl (C=O) groups excluding carboxylic acids is 2. The molecular weight excluding hydrogens is 206 g/mol. The van der Waals surface area contributed by atoms with Crippen molar-refractivity contribution in [2.24, 2.45) is 10.9 Å². The predicted molar refractivity (Wildman–Crippen MR) is 57.8 cm³/mol. The number of hydrogen-bond acceptors (Lipinski definition) is 3. The third-order valence-electron chi connectivity index (χ3n) is 3.36. The quantitative estimate of drug-likeness (QED) is 0.589. The van der Waals surface area contributed by atoms with Crippen LogP contribution in [0.1, 0.15) is 19.3 Å². The smallest absolute Gasteiger partial charge is 0.249 e. The van der Waals surface area contributed by atoms with Crippen molar-refractivity contribution in [2.75, 3.05) is 13.1 Å². The Hall–Kier alpha value is -1.65. The molecule has 0 aromatic carbocycles. The Labute approximate surface area is 93.0 Å². The van der Waals surface area contributed by atoms with E-state index < -0.39 is 0 Å². The van der Waals surface area contributed by atoms with Crippen LogP contribution in [0, 0.1) is 5.92 Å². The molecule has 1 saturated heterocycles. The van der Waals surface area contributed by atoms with E-state index in [1.165, 1.54) is 0 Å². The fourth-order valence-electron chi connectivity index (χ4n) is 2.50. The minimum absolute atomic E-state index is 0.00919. The molecule has 0 radical (unpaired) electrons. The van der Waals surface area contributed by atoms with E-state index in [-0.39, 0.29) is 17.7 Å². The van der Waals surface area contributed by atoms with Gasteiger partial charge in [0.25, 0.3) is 0 Å². The van der Waals surface area contributed by atoms with E-state index in [1.54, 1.807) is 0 Å². The summed E-state index contributed by atoms with van der Waals surface area (Å²) in [6.45, 7) is 1.33. The Morgan fingerprint density at radius 3 is 2.81 bits per heavy atom. The highest BCUT2D eigenvalue weighted by molar-refractivity contribution is 6.10. The van der Waals surface area contributed by atoms with Gasteiger partial charge in [-0.3, -0.25) is 14.6 Å². The van der Waals surface area contributed by atoms with Crippen LogP contribution in [-0.2, 0) is 9.59 Å². The topological polar surface area (TPSA) is 70.6 Å². The van der Waals surface area contributed by atoms with Crippen LogP contribution in [-0.4, -0.2) is 30.6 Å². The molecule has 1 fully saturated rings. The molecule has 2 N–H and O–H groups in total. The largest absolute Gasteiger partial charge is 0.355 e. The van der Waals surface area contributed by atoms with Gasteiger partial charge in [-0.25, -0.2) is 0 Å². The van der Waals surface area contributed by atoms with E-state index in [0.717, 1.165) is 24.3 Å². The number of rotatable bonds is 0. The molecule has 0 bridgehead atoms. The lowest BCUT2D eigenvalue weighted by Gasteiger charge is -2.31. The molecule has 5 nitrogen and oxygen atoms in total. The number of aliphatic imine (C=N–C) groups is 1. The third-order valence-corrected chi connectivity index (χ3v) is 3.36. The summed E-state index contributed by atoms with van der Waals surface area (Å²) < 4.78 is 0. The van der Waals surface area contributed by atoms with Gasteiger partial charge in [0.15, 0.2) is 0 Å². The van der Waals surface area contributed by atoms with E-state index in [4.69, 9.17) is 0 Å². The fraction of sp³-hybridized carbons (Fsp3) is 0.545. The molecule has 84 valence electrons. The van der Waals surface area contributed by atoms with Gasteiger partial charge in [0.05, 0.1) is 11.6 Å². The first-order chi connectivity index (χ1) is 7.75. The summed E-state index contributed by atoms with van der Waals surface area (Å²) in [5, 5.41) is 5.61. The van der Waals surface area contributed by atoms with Crippen molar-refractivity contribution in [3.63, 3.8) is 0 Å². The molecule has 0 aromatic rings. The molecule has 0 spiro atoms. The molecule has 0 saturated carbocycles. The molecule has 2 amide bonds. The standard InChI is InChI=1S/C11H13N3O2/c15-10-6-5-7-9(2-4-13-11(7)16)14-8(6)1-3-12-10/h6H,1-5H2,(H,12,15)(H,13,16). The van der Waals surface area contributed by atoms with Gasteiger partial charge in [-0.05, 0) is 6.42 Å². The highest BCUT2D eigenvalue weighted by Gasteiger charge is 2.36. The number of nitrogens with one attached hydrogen (secondary N) is 2. The van der Waals surface area contributed by atoms with E-state index in [2.05, 4.69) is 15.6 Å². The van der Waals surface area contributed by atoms with Crippen molar-refractivity contribution in [2.45, 2.75) is 19.3 Å². The molecule has 1 atom stereocenters. The van der Waals surface area contributed by atoms with Gasteiger partial charge in [-0.15, -0.1) is 0 Å². The third kappa shape index (κ3) is 1.35. The molecular formula is C11H13N3O2. The van der Waals surface area contributed by atoms with Crippen LogP contribution >= 0.6 is 0 Å². The lowest BCUT2D eigenvalue weighted by Crippen LogP contribution is -2.46. The van der Waals surface area contributed by atoms with E-state index in [9.17, 15) is 9.59 Å². The van der Waals surface area contributed by atoms with Crippen molar-refractivity contribution >= 4 is 17.5 Å². The van der Waals surface area contributed by atoms with E-state index in [1.807, 2.05) is 0 Å². The van der Waals surface area contributed by atoms with Crippen LogP contribution in [0.2, 0.25) is 0 Å². The minimum Gasteiger partial charge on any atom is -0.355 e. The van der Waals surface area contributed by atoms with Gasteiger partial charge >= 0.3 is 0 Å². The van der Waals surface area contributed by atoms with Gasteiger partial charge < -0.3 is 10.6 Å². The van der Waals surface area contributed by atoms with E-state index >= 15 is 0 Å². The number of carbonyl (C=O) groups is 2. The molecule has 3 rings (SSSR count). The highest BCUT2D eigenvalue weighted by atomic mass is 16.2. The average Bonchev–Trinajstić information content (AvgIpc) is 2.28. The Kier molecular flexibility index (Phi) is 2.05. The number of nitrogens with zero attached hydrogens (tertiary/aromatic N) is 1.